The highest BCUT2D eigenvalue weighted by molar-refractivity contribution is 7.48. The van der Waals surface area contributed by atoms with E-state index in [-0.39, 0.29) is 31.0 Å². The van der Waals surface area contributed by atoms with Crippen LogP contribution in [0.2, 0.25) is 0 Å². The number of rotatable bonds is 8. The monoisotopic (exact) mass is 473 g/mol. The van der Waals surface area contributed by atoms with Gasteiger partial charge in [0.15, 0.2) is 11.8 Å². The summed E-state index contributed by atoms with van der Waals surface area (Å²) in [6, 6.07) is 1.18. The average molecular weight is 473 g/mol. The van der Waals surface area contributed by atoms with Crippen molar-refractivity contribution in [3.05, 3.63) is 33.1 Å². The molecule has 32 heavy (non-hydrogen) atoms. The zero-order chi connectivity index (χ0) is 23.5. The molecule has 0 radical (unpaired) electrons. The van der Waals surface area contributed by atoms with Gasteiger partial charge in [0.25, 0.3) is 5.56 Å². The fraction of sp³-hybridized carbons (Fsp3) is 0.737. The Balaban J connectivity index is 1.37. The SMILES string of the molecule is CC(CCO[P@@]1(=O)OC2[C@H]3O[C@@H](n4ccc(=O)[nH]c4=O)[C@](C)(N)[C@@]23O1)CC(=O)OC(C)C. The van der Waals surface area contributed by atoms with Crippen LogP contribution in [0.15, 0.2) is 21.9 Å². The molecule has 2 unspecified atom stereocenters. The summed E-state index contributed by atoms with van der Waals surface area (Å²) in [6.07, 6.45) is -0.534. The van der Waals surface area contributed by atoms with Crippen molar-refractivity contribution in [3.8, 4) is 0 Å². The highest BCUT2D eigenvalue weighted by Gasteiger charge is 2.89. The van der Waals surface area contributed by atoms with Crippen molar-refractivity contribution in [2.45, 2.75) is 76.2 Å². The van der Waals surface area contributed by atoms with Gasteiger partial charge in [-0.1, -0.05) is 6.92 Å². The number of hydrogen-bond acceptors (Lipinski definition) is 10. The van der Waals surface area contributed by atoms with Gasteiger partial charge in [0.2, 0.25) is 0 Å². The summed E-state index contributed by atoms with van der Waals surface area (Å²) in [4.78, 5) is 37.4. The lowest BCUT2D eigenvalue weighted by atomic mass is 9.92. The molecule has 3 N–H and O–H groups in total. The number of aromatic nitrogens is 2. The van der Waals surface area contributed by atoms with Gasteiger partial charge in [-0.05, 0) is 33.1 Å². The van der Waals surface area contributed by atoms with E-state index in [0.29, 0.717) is 6.42 Å². The number of nitrogens with zero attached hydrogens (tertiary/aromatic N) is 1. The summed E-state index contributed by atoms with van der Waals surface area (Å²) in [5.41, 5.74) is 2.74. The molecule has 3 aliphatic rings. The normalized spacial score (nSPS) is 38.4. The largest absolute Gasteiger partial charge is 0.476 e. The van der Waals surface area contributed by atoms with Gasteiger partial charge >= 0.3 is 19.5 Å². The van der Waals surface area contributed by atoms with Crippen molar-refractivity contribution in [2.24, 2.45) is 11.7 Å². The average Bonchev–Trinajstić information content (AvgIpc) is 2.97. The third-order valence-electron chi connectivity index (χ3n) is 5.99. The summed E-state index contributed by atoms with van der Waals surface area (Å²) in [7, 11) is -3.91. The zero-order valence-electron chi connectivity index (χ0n) is 18.3. The van der Waals surface area contributed by atoms with E-state index < -0.39 is 48.6 Å². The van der Waals surface area contributed by atoms with Gasteiger partial charge in [-0.2, -0.15) is 0 Å². The molecule has 0 amide bonds. The number of nitrogens with one attached hydrogen (secondary N) is 1. The van der Waals surface area contributed by atoms with E-state index in [0.717, 1.165) is 4.57 Å². The Morgan fingerprint density at radius 3 is 2.72 bits per heavy atom. The maximum atomic E-state index is 13.0. The van der Waals surface area contributed by atoms with Crippen molar-refractivity contribution in [1.82, 2.24) is 9.55 Å². The van der Waals surface area contributed by atoms with Gasteiger partial charge in [0.05, 0.1) is 18.2 Å². The van der Waals surface area contributed by atoms with Gasteiger partial charge < -0.3 is 15.2 Å². The molecule has 2 aliphatic heterocycles. The van der Waals surface area contributed by atoms with Crippen LogP contribution in [0.4, 0.5) is 0 Å². The van der Waals surface area contributed by atoms with Gasteiger partial charge in [0.1, 0.15) is 12.2 Å². The first-order chi connectivity index (χ1) is 14.9. The van der Waals surface area contributed by atoms with Crippen LogP contribution in [0.3, 0.4) is 0 Å². The summed E-state index contributed by atoms with van der Waals surface area (Å²) < 4.78 is 41.9. The lowest BCUT2D eigenvalue weighted by Gasteiger charge is -2.33. The van der Waals surface area contributed by atoms with Crippen molar-refractivity contribution < 1.29 is 32.4 Å². The van der Waals surface area contributed by atoms with Crippen LogP contribution < -0.4 is 17.0 Å². The number of esters is 1. The van der Waals surface area contributed by atoms with Gasteiger partial charge in [0, 0.05) is 18.7 Å². The summed E-state index contributed by atoms with van der Waals surface area (Å²) in [6.45, 7) is 7.07. The Bertz CT molecular complexity index is 1070. The number of carbonyl (C=O) groups excluding carboxylic acids is 1. The second-order valence-corrected chi connectivity index (χ2v) is 10.6. The summed E-state index contributed by atoms with van der Waals surface area (Å²) >= 11 is 0. The molecule has 1 saturated carbocycles. The fourth-order valence-electron chi connectivity index (χ4n) is 4.33. The summed E-state index contributed by atoms with van der Waals surface area (Å²) in [5, 5.41) is 0. The van der Waals surface area contributed by atoms with E-state index >= 15 is 0 Å². The van der Waals surface area contributed by atoms with Crippen LogP contribution in [-0.2, 0) is 32.4 Å². The molecular weight excluding hydrogens is 445 g/mol. The number of H-pyrrole nitrogens is 1. The molecule has 12 nitrogen and oxygen atoms in total. The van der Waals surface area contributed by atoms with E-state index in [1.807, 2.05) is 6.92 Å². The molecule has 4 rings (SSSR count). The highest BCUT2D eigenvalue weighted by Crippen LogP contribution is 2.77. The number of nitrogens with two attached hydrogens (primary N) is 1. The molecule has 1 aromatic rings. The van der Waals surface area contributed by atoms with Crippen molar-refractivity contribution in [2.75, 3.05) is 6.61 Å². The van der Waals surface area contributed by atoms with Gasteiger partial charge in [-0.15, -0.1) is 0 Å². The first kappa shape index (κ1) is 23.3. The zero-order valence-corrected chi connectivity index (χ0v) is 19.2. The number of phosphoric ester groups is 1. The van der Waals surface area contributed by atoms with E-state index in [1.54, 1.807) is 20.8 Å². The molecule has 13 heteroatoms. The van der Waals surface area contributed by atoms with Crippen LogP contribution in [0.1, 0.15) is 46.8 Å². The second kappa shape index (κ2) is 7.89. The van der Waals surface area contributed by atoms with E-state index in [1.165, 1.54) is 12.3 Å². The fourth-order valence-corrected chi connectivity index (χ4v) is 6.14. The molecule has 1 aliphatic carbocycles. The predicted molar refractivity (Wildman–Crippen MR) is 110 cm³/mol. The number of ether oxygens (including phenoxy) is 2. The minimum absolute atomic E-state index is 0.0474. The molecule has 1 aromatic heterocycles. The molecule has 0 aromatic carbocycles. The topological polar surface area (TPSA) is 161 Å². The van der Waals surface area contributed by atoms with E-state index in [2.05, 4.69) is 4.98 Å². The molecule has 7 atom stereocenters. The minimum atomic E-state index is -3.91. The molecule has 2 saturated heterocycles. The molecule has 3 heterocycles. The van der Waals surface area contributed by atoms with Crippen LogP contribution in [0.25, 0.3) is 0 Å². The maximum Gasteiger partial charge on any atom is 0.476 e. The Hall–Kier alpha value is -1.82. The molecule has 178 valence electrons. The lowest BCUT2D eigenvalue weighted by molar-refractivity contribution is -0.148. The van der Waals surface area contributed by atoms with Gasteiger partial charge in [-0.3, -0.25) is 32.7 Å². The number of carbonyl (C=O) groups is 1. The number of aromatic amines is 1. The number of phosphoric acid groups is 1. The Morgan fingerprint density at radius 2 is 2.06 bits per heavy atom. The van der Waals surface area contributed by atoms with Crippen LogP contribution in [0.5, 0.6) is 0 Å². The quantitative estimate of drug-likeness (QED) is 0.408. The Morgan fingerprint density at radius 1 is 1.34 bits per heavy atom. The molecular formula is C19H28N3O9P. The first-order valence-corrected chi connectivity index (χ1v) is 11.9. The van der Waals surface area contributed by atoms with Crippen LogP contribution in [0, 0.1) is 5.92 Å². The molecule has 1 spiro atoms. The third kappa shape index (κ3) is 3.78. The first-order valence-electron chi connectivity index (χ1n) is 10.5. The smallest absolute Gasteiger partial charge is 0.463 e. The van der Waals surface area contributed by atoms with Crippen LogP contribution in [-0.4, -0.2) is 51.6 Å². The van der Waals surface area contributed by atoms with E-state index in [9.17, 15) is 18.9 Å². The highest BCUT2D eigenvalue weighted by atomic mass is 31.2. The van der Waals surface area contributed by atoms with Gasteiger partial charge in [-0.25, -0.2) is 9.36 Å². The van der Waals surface area contributed by atoms with Crippen molar-refractivity contribution in [3.63, 3.8) is 0 Å². The third-order valence-corrected chi connectivity index (χ3v) is 7.50. The maximum absolute atomic E-state index is 13.0. The predicted octanol–water partition coefficient (Wildman–Crippen LogP) is 0.812. The van der Waals surface area contributed by atoms with Crippen molar-refractivity contribution >= 4 is 13.8 Å². The van der Waals surface area contributed by atoms with Crippen molar-refractivity contribution in [1.29, 1.82) is 0 Å². The minimum Gasteiger partial charge on any atom is -0.463 e. The number of fused-ring (bicyclic) bond motifs is 1. The molecule has 0 bridgehead atoms. The van der Waals surface area contributed by atoms with Crippen LogP contribution >= 0.6 is 7.82 Å². The second-order valence-electron chi connectivity index (χ2n) is 9.04. The number of hydrogen-bond donors (Lipinski definition) is 2. The summed E-state index contributed by atoms with van der Waals surface area (Å²) in [5.74, 6) is -0.358. The molecule has 3 fully saturated rings. The standard InChI is InChI=1S/C19H28N3O9P/c1-10(2)28-13(24)9-11(3)6-8-27-32(26)30-15-14-19(15,31-32)18(4,20)16(29-14)22-7-5-12(23)21-17(22)25/h5,7,10-11,14-16H,6,8-9,20H2,1-4H3,(H,21,23,25)/t11?,14-,15?,16-,18+,19+,32+/m1/s1. The lowest BCUT2D eigenvalue weighted by Crippen LogP contribution is -2.57. The Kier molecular flexibility index (Phi) is 5.76. The van der Waals surface area contributed by atoms with E-state index in [4.69, 9.17) is 28.8 Å². The Labute approximate surface area is 183 Å².